The monoisotopic (exact) mass is 476 g/mol. The van der Waals surface area contributed by atoms with Gasteiger partial charge in [0.15, 0.2) is 5.96 Å². The third-order valence-corrected chi connectivity index (χ3v) is 4.30. The van der Waals surface area contributed by atoms with E-state index in [1.165, 1.54) is 11.1 Å². The van der Waals surface area contributed by atoms with Gasteiger partial charge in [-0.2, -0.15) is 0 Å². The van der Waals surface area contributed by atoms with Gasteiger partial charge in [0.2, 0.25) is 0 Å². The van der Waals surface area contributed by atoms with E-state index in [1.54, 1.807) is 7.11 Å². The normalized spacial score (nSPS) is 11.8. The third kappa shape index (κ3) is 9.19. The minimum atomic E-state index is 0. The quantitative estimate of drug-likeness (QED) is 0.235. The molecule has 150 valence electrons. The number of nitrogens with one attached hydrogen (secondary N) is 2. The van der Waals surface area contributed by atoms with Gasteiger partial charge < -0.3 is 15.4 Å². The highest BCUT2D eigenvalue weighted by atomic mass is 127. The highest BCUT2D eigenvalue weighted by Crippen LogP contribution is 2.09. The van der Waals surface area contributed by atoms with Gasteiger partial charge in [0.05, 0.1) is 6.61 Å². The fourth-order valence-corrected chi connectivity index (χ4v) is 3.01. The summed E-state index contributed by atoms with van der Waals surface area (Å²) in [5.74, 6) is 0.841. The van der Waals surface area contributed by atoms with E-state index in [4.69, 9.17) is 4.74 Å². The van der Waals surface area contributed by atoms with Crippen molar-refractivity contribution in [1.82, 2.24) is 15.5 Å². The maximum atomic E-state index is 5.26. The molecule has 0 saturated carbocycles. The summed E-state index contributed by atoms with van der Waals surface area (Å²) in [7, 11) is 3.53. The Bertz CT molecular complexity index is 512. The molecule has 0 heterocycles. The Morgan fingerprint density at radius 3 is 2.23 bits per heavy atom. The minimum Gasteiger partial charge on any atom is -0.380 e. The number of methoxy groups -OCH3 is 1. The maximum Gasteiger partial charge on any atom is 0.191 e. The summed E-state index contributed by atoms with van der Waals surface area (Å²) < 4.78 is 5.26. The van der Waals surface area contributed by atoms with Crippen LogP contribution in [0.2, 0.25) is 0 Å². The molecule has 0 bridgehead atoms. The highest BCUT2D eigenvalue weighted by Gasteiger charge is 2.12. The topological polar surface area (TPSA) is 48.9 Å². The largest absolute Gasteiger partial charge is 0.380 e. The van der Waals surface area contributed by atoms with Crippen molar-refractivity contribution < 1.29 is 4.74 Å². The highest BCUT2D eigenvalue weighted by molar-refractivity contribution is 14.0. The zero-order valence-electron chi connectivity index (χ0n) is 17.2. The van der Waals surface area contributed by atoms with Crippen molar-refractivity contribution in [2.45, 2.75) is 59.4 Å². The first-order valence-electron chi connectivity index (χ1n) is 9.25. The van der Waals surface area contributed by atoms with E-state index in [9.17, 15) is 0 Å². The number of guanidine groups is 1. The molecule has 1 aromatic carbocycles. The molecule has 0 aliphatic rings. The number of hydrogen-bond donors (Lipinski definition) is 2. The molecule has 0 aliphatic heterocycles. The number of nitrogens with zero attached hydrogens (tertiary/aromatic N) is 2. The van der Waals surface area contributed by atoms with Gasteiger partial charge in [-0.3, -0.25) is 9.89 Å². The summed E-state index contributed by atoms with van der Waals surface area (Å²) in [6.07, 6.45) is 1.09. The molecular formula is C20H37IN4O. The number of halogens is 1. The molecule has 0 atom stereocenters. The average molecular weight is 476 g/mol. The van der Waals surface area contributed by atoms with Gasteiger partial charge in [0.1, 0.15) is 0 Å². The predicted octanol–water partition coefficient (Wildman–Crippen LogP) is 3.62. The Kier molecular flexibility index (Phi) is 13.8. The molecular weight excluding hydrogens is 439 g/mol. The summed E-state index contributed by atoms with van der Waals surface area (Å²) >= 11 is 0. The second kappa shape index (κ2) is 14.2. The van der Waals surface area contributed by atoms with Crippen molar-refractivity contribution in [2.24, 2.45) is 4.99 Å². The van der Waals surface area contributed by atoms with Gasteiger partial charge in [0.25, 0.3) is 0 Å². The molecule has 0 unspecified atom stereocenters. The summed E-state index contributed by atoms with van der Waals surface area (Å²) in [6.45, 7) is 12.4. The SMILES string of the molecule is CN=C(NCCCN(C(C)C)C(C)C)NCc1ccccc1COC.I. The van der Waals surface area contributed by atoms with Crippen molar-refractivity contribution in [3.05, 3.63) is 35.4 Å². The summed E-state index contributed by atoms with van der Waals surface area (Å²) in [4.78, 5) is 6.83. The van der Waals surface area contributed by atoms with Crippen LogP contribution in [0.3, 0.4) is 0 Å². The first-order valence-corrected chi connectivity index (χ1v) is 9.25. The molecule has 0 fully saturated rings. The maximum absolute atomic E-state index is 5.26. The Morgan fingerprint density at radius 1 is 1.08 bits per heavy atom. The van der Waals surface area contributed by atoms with Crippen LogP contribution in [0, 0.1) is 0 Å². The smallest absolute Gasteiger partial charge is 0.191 e. The zero-order valence-corrected chi connectivity index (χ0v) is 19.5. The fraction of sp³-hybridized carbons (Fsp3) is 0.650. The molecule has 0 aliphatic carbocycles. The van der Waals surface area contributed by atoms with Crippen molar-refractivity contribution in [3.63, 3.8) is 0 Å². The van der Waals surface area contributed by atoms with E-state index in [2.05, 4.69) is 66.4 Å². The molecule has 2 N–H and O–H groups in total. The Labute approximate surface area is 177 Å². The van der Waals surface area contributed by atoms with Gasteiger partial charge in [0, 0.05) is 45.9 Å². The van der Waals surface area contributed by atoms with Crippen LogP contribution in [0.25, 0.3) is 0 Å². The van der Waals surface area contributed by atoms with Crippen molar-refractivity contribution in [2.75, 3.05) is 27.2 Å². The standard InChI is InChI=1S/C20H36N4O.HI/c1-16(2)24(17(3)4)13-9-12-22-20(21-5)23-14-18-10-7-8-11-19(18)15-25-6;/h7-8,10-11,16-17H,9,12-15H2,1-6H3,(H2,21,22,23);1H. The van der Waals surface area contributed by atoms with Crippen molar-refractivity contribution in [1.29, 1.82) is 0 Å². The average Bonchev–Trinajstić information content (AvgIpc) is 2.58. The third-order valence-electron chi connectivity index (χ3n) is 4.30. The van der Waals surface area contributed by atoms with E-state index < -0.39 is 0 Å². The second-order valence-electron chi connectivity index (χ2n) is 6.83. The van der Waals surface area contributed by atoms with Gasteiger partial charge in [-0.05, 0) is 45.2 Å². The lowest BCUT2D eigenvalue weighted by Crippen LogP contribution is -2.41. The van der Waals surface area contributed by atoms with Crippen LogP contribution < -0.4 is 10.6 Å². The van der Waals surface area contributed by atoms with Crippen LogP contribution in [-0.4, -0.2) is 50.2 Å². The van der Waals surface area contributed by atoms with Gasteiger partial charge in [-0.15, -0.1) is 24.0 Å². The lowest BCUT2D eigenvalue weighted by Gasteiger charge is -2.30. The predicted molar refractivity (Wildman–Crippen MR) is 122 cm³/mol. The van der Waals surface area contributed by atoms with Crippen LogP contribution in [0.4, 0.5) is 0 Å². The fourth-order valence-electron chi connectivity index (χ4n) is 3.01. The zero-order chi connectivity index (χ0) is 18.7. The van der Waals surface area contributed by atoms with Gasteiger partial charge >= 0.3 is 0 Å². The van der Waals surface area contributed by atoms with E-state index >= 15 is 0 Å². The number of benzene rings is 1. The lowest BCUT2D eigenvalue weighted by molar-refractivity contribution is 0.173. The molecule has 0 spiro atoms. The number of aliphatic imine (C=N–C) groups is 1. The van der Waals surface area contributed by atoms with Crippen LogP contribution in [0.1, 0.15) is 45.2 Å². The Morgan fingerprint density at radius 2 is 1.69 bits per heavy atom. The van der Waals surface area contributed by atoms with E-state index in [1.807, 2.05) is 13.1 Å². The van der Waals surface area contributed by atoms with Crippen LogP contribution in [-0.2, 0) is 17.9 Å². The molecule has 0 amide bonds. The number of hydrogen-bond acceptors (Lipinski definition) is 3. The molecule has 1 aromatic rings. The summed E-state index contributed by atoms with van der Waals surface area (Å²) in [5.41, 5.74) is 2.44. The van der Waals surface area contributed by atoms with E-state index in [0.29, 0.717) is 18.7 Å². The van der Waals surface area contributed by atoms with Crippen LogP contribution >= 0.6 is 24.0 Å². The number of ether oxygens (including phenoxy) is 1. The molecule has 1 rings (SSSR count). The van der Waals surface area contributed by atoms with Crippen LogP contribution in [0.15, 0.2) is 29.3 Å². The Hall–Kier alpha value is -0.860. The minimum absolute atomic E-state index is 0. The molecule has 5 nitrogen and oxygen atoms in total. The van der Waals surface area contributed by atoms with Gasteiger partial charge in [-0.25, -0.2) is 0 Å². The van der Waals surface area contributed by atoms with Crippen molar-refractivity contribution >= 4 is 29.9 Å². The van der Waals surface area contributed by atoms with Gasteiger partial charge in [-0.1, -0.05) is 24.3 Å². The summed E-state index contributed by atoms with van der Waals surface area (Å²) in [6, 6.07) is 9.48. The van der Waals surface area contributed by atoms with Crippen LogP contribution in [0.5, 0.6) is 0 Å². The molecule has 0 aromatic heterocycles. The second-order valence-corrected chi connectivity index (χ2v) is 6.83. The first-order chi connectivity index (χ1) is 12.0. The molecule has 26 heavy (non-hydrogen) atoms. The molecule has 0 saturated heterocycles. The van der Waals surface area contributed by atoms with E-state index in [-0.39, 0.29) is 24.0 Å². The summed E-state index contributed by atoms with van der Waals surface area (Å²) in [5, 5.41) is 6.79. The van der Waals surface area contributed by atoms with Crippen molar-refractivity contribution in [3.8, 4) is 0 Å². The van der Waals surface area contributed by atoms with E-state index in [0.717, 1.165) is 32.0 Å². The Balaban J connectivity index is 0.00000625. The number of rotatable bonds is 10. The molecule has 6 heteroatoms. The lowest BCUT2D eigenvalue weighted by atomic mass is 10.1. The first kappa shape index (κ1) is 25.1. The molecule has 0 radical (unpaired) electrons.